The molecule has 1 heterocycles. The van der Waals surface area contributed by atoms with Gasteiger partial charge in [0.15, 0.2) is 0 Å². The number of hydrogen-bond acceptors (Lipinski definition) is 1. The van der Waals surface area contributed by atoms with E-state index in [1.165, 1.54) is 22.2 Å². The molecule has 0 saturated heterocycles. The number of fused-ring (bicyclic) bond motifs is 1. The smallest absolute Gasteiger partial charge is 0.0545 e. The maximum absolute atomic E-state index is 3.62. The SMILES string of the molecule is C=CNCc1cc2cc(C)ccc2[nH]1. The molecule has 72 valence electrons. The molecule has 1 aromatic heterocycles. The first-order chi connectivity index (χ1) is 6.79. The largest absolute Gasteiger partial charge is 0.386 e. The maximum Gasteiger partial charge on any atom is 0.0545 e. The van der Waals surface area contributed by atoms with Crippen molar-refractivity contribution in [2.24, 2.45) is 0 Å². The molecular formula is C12H14N2. The monoisotopic (exact) mass is 186 g/mol. The quantitative estimate of drug-likeness (QED) is 0.757. The minimum atomic E-state index is 0.803. The zero-order chi connectivity index (χ0) is 9.97. The van der Waals surface area contributed by atoms with Gasteiger partial charge in [-0.1, -0.05) is 18.2 Å². The van der Waals surface area contributed by atoms with E-state index in [-0.39, 0.29) is 0 Å². The molecule has 2 N–H and O–H groups in total. The number of hydrogen-bond donors (Lipinski definition) is 2. The molecule has 0 radical (unpaired) electrons. The average Bonchev–Trinajstić information content (AvgIpc) is 2.56. The van der Waals surface area contributed by atoms with Gasteiger partial charge in [0.05, 0.1) is 6.54 Å². The van der Waals surface area contributed by atoms with Crippen molar-refractivity contribution in [2.75, 3.05) is 0 Å². The molecule has 0 spiro atoms. The Bertz CT molecular complexity index is 454. The molecule has 0 unspecified atom stereocenters. The van der Waals surface area contributed by atoms with Crippen molar-refractivity contribution in [3.63, 3.8) is 0 Å². The molecule has 0 saturated carbocycles. The van der Waals surface area contributed by atoms with E-state index in [1.54, 1.807) is 6.20 Å². The van der Waals surface area contributed by atoms with Gasteiger partial charge in [0.25, 0.3) is 0 Å². The molecule has 0 atom stereocenters. The lowest BCUT2D eigenvalue weighted by molar-refractivity contribution is 0.849. The van der Waals surface area contributed by atoms with Crippen molar-refractivity contribution in [2.45, 2.75) is 13.5 Å². The topological polar surface area (TPSA) is 27.8 Å². The van der Waals surface area contributed by atoms with Crippen molar-refractivity contribution in [3.8, 4) is 0 Å². The van der Waals surface area contributed by atoms with Gasteiger partial charge in [0.1, 0.15) is 0 Å². The summed E-state index contributed by atoms with van der Waals surface area (Å²) in [6.07, 6.45) is 1.71. The Kier molecular flexibility index (Phi) is 2.27. The summed E-state index contributed by atoms with van der Waals surface area (Å²) in [5.74, 6) is 0. The molecule has 2 heteroatoms. The predicted octanol–water partition coefficient (Wildman–Crippen LogP) is 2.71. The van der Waals surface area contributed by atoms with E-state index in [4.69, 9.17) is 0 Å². The highest BCUT2D eigenvalue weighted by atomic mass is 14.9. The van der Waals surface area contributed by atoms with Crippen LogP contribution in [0.3, 0.4) is 0 Å². The predicted molar refractivity (Wildman–Crippen MR) is 60.1 cm³/mol. The van der Waals surface area contributed by atoms with Gasteiger partial charge >= 0.3 is 0 Å². The fourth-order valence-electron chi connectivity index (χ4n) is 1.59. The number of aromatic nitrogens is 1. The third-order valence-corrected chi connectivity index (χ3v) is 2.27. The molecule has 2 nitrogen and oxygen atoms in total. The normalized spacial score (nSPS) is 10.4. The van der Waals surface area contributed by atoms with Crippen LogP contribution in [0.25, 0.3) is 10.9 Å². The molecule has 0 aliphatic carbocycles. The molecule has 0 amide bonds. The molecule has 0 aliphatic rings. The van der Waals surface area contributed by atoms with Gasteiger partial charge < -0.3 is 10.3 Å². The van der Waals surface area contributed by atoms with Crippen LogP contribution >= 0.6 is 0 Å². The highest BCUT2D eigenvalue weighted by molar-refractivity contribution is 5.81. The third-order valence-electron chi connectivity index (χ3n) is 2.27. The number of rotatable bonds is 3. The summed E-state index contributed by atoms with van der Waals surface area (Å²) in [6, 6.07) is 8.58. The Morgan fingerprint density at radius 3 is 3.07 bits per heavy atom. The first-order valence-electron chi connectivity index (χ1n) is 4.72. The van der Waals surface area contributed by atoms with Crippen molar-refractivity contribution in [3.05, 3.63) is 48.3 Å². The van der Waals surface area contributed by atoms with Gasteiger partial charge in [0, 0.05) is 11.2 Å². The van der Waals surface area contributed by atoms with Gasteiger partial charge in [-0.05, 0) is 36.7 Å². The van der Waals surface area contributed by atoms with Gasteiger partial charge in [0.2, 0.25) is 0 Å². The lowest BCUT2D eigenvalue weighted by atomic mass is 10.2. The summed E-state index contributed by atoms with van der Waals surface area (Å²) >= 11 is 0. The summed E-state index contributed by atoms with van der Waals surface area (Å²) in [5.41, 5.74) is 3.67. The standard InChI is InChI=1S/C12H14N2/c1-3-13-8-11-7-10-6-9(2)4-5-12(10)14-11/h3-7,13-14H,1,8H2,2H3. The van der Waals surface area contributed by atoms with Crippen LogP contribution < -0.4 is 5.32 Å². The van der Waals surface area contributed by atoms with Gasteiger partial charge in [-0.15, -0.1) is 0 Å². The van der Waals surface area contributed by atoms with Crippen LogP contribution in [0.4, 0.5) is 0 Å². The van der Waals surface area contributed by atoms with E-state index < -0.39 is 0 Å². The zero-order valence-corrected chi connectivity index (χ0v) is 8.30. The Labute approximate surface area is 83.6 Å². The van der Waals surface area contributed by atoms with Crippen molar-refractivity contribution in [1.29, 1.82) is 0 Å². The van der Waals surface area contributed by atoms with Crippen molar-refractivity contribution in [1.82, 2.24) is 10.3 Å². The minimum Gasteiger partial charge on any atom is -0.386 e. The van der Waals surface area contributed by atoms with Crippen LogP contribution in [0.15, 0.2) is 37.0 Å². The van der Waals surface area contributed by atoms with E-state index in [0.717, 1.165) is 6.54 Å². The fraction of sp³-hybridized carbons (Fsp3) is 0.167. The van der Waals surface area contributed by atoms with Crippen LogP contribution in [-0.4, -0.2) is 4.98 Å². The summed E-state index contributed by atoms with van der Waals surface area (Å²) < 4.78 is 0. The summed E-state index contributed by atoms with van der Waals surface area (Å²) in [7, 11) is 0. The van der Waals surface area contributed by atoms with Crippen LogP contribution in [0.2, 0.25) is 0 Å². The van der Waals surface area contributed by atoms with Crippen LogP contribution in [-0.2, 0) is 6.54 Å². The summed E-state index contributed by atoms with van der Waals surface area (Å²) in [4.78, 5) is 3.35. The molecule has 2 aromatic rings. The Hall–Kier alpha value is -1.70. The Morgan fingerprint density at radius 2 is 2.29 bits per heavy atom. The molecule has 0 bridgehead atoms. The van der Waals surface area contributed by atoms with E-state index in [9.17, 15) is 0 Å². The Balaban J connectivity index is 2.36. The zero-order valence-electron chi connectivity index (χ0n) is 8.30. The van der Waals surface area contributed by atoms with Crippen LogP contribution in [0.1, 0.15) is 11.3 Å². The molecule has 1 aromatic carbocycles. The summed E-state index contributed by atoms with van der Waals surface area (Å²) in [5, 5.41) is 4.34. The van der Waals surface area contributed by atoms with Crippen LogP contribution in [0.5, 0.6) is 0 Å². The van der Waals surface area contributed by atoms with E-state index in [0.29, 0.717) is 0 Å². The lowest BCUT2D eigenvalue weighted by Gasteiger charge is -1.94. The minimum absolute atomic E-state index is 0.803. The first kappa shape index (κ1) is 8.88. The summed E-state index contributed by atoms with van der Waals surface area (Å²) in [6.45, 7) is 6.53. The maximum atomic E-state index is 3.62. The number of benzene rings is 1. The molecule has 0 aliphatic heterocycles. The fourth-order valence-corrected chi connectivity index (χ4v) is 1.59. The molecular weight excluding hydrogens is 172 g/mol. The third kappa shape index (κ3) is 1.64. The second kappa shape index (κ2) is 3.58. The Morgan fingerprint density at radius 1 is 1.43 bits per heavy atom. The highest BCUT2D eigenvalue weighted by Crippen LogP contribution is 2.16. The number of H-pyrrole nitrogens is 1. The lowest BCUT2D eigenvalue weighted by Crippen LogP contribution is -2.03. The second-order valence-corrected chi connectivity index (χ2v) is 3.47. The van der Waals surface area contributed by atoms with Gasteiger partial charge in [-0.25, -0.2) is 0 Å². The molecule has 0 fully saturated rings. The second-order valence-electron chi connectivity index (χ2n) is 3.47. The van der Waals surface area contributed by atoms with E-state index in [1.807, 2.05) is 0 Å². The number of aromatic amines is 1. The highest BCUT2D eigenvalue weighted by Gasteiger charge is 1.99. The first-order valence-corrected chi connectivity index (χ1v) is 4.72. The van der Waals surface area contributed by atoms with E-state index in [2.05, 4.69) is 48.1 Å². The molecule has 14 heavy (non-hydrogen) atoms. The van der Waals surface area contributed by atoms with Gasteiger partial charge in [-0.3, -0.25) is 0 Å². The van der Waals surface area contributed by atoms with E-state index >= 15 is 0 Å². The molecule has 2 rings (SSSR count). The van der Waals surface area contributed by atoms with Gasteiger partial charge in [-0.2, -0.15) is 0 Å². The number of aryl methyl sites for hydroxylation is 1. The number of nitrogens with one attached hydrogen (secondary N) is 2. The van der Waals surface area contributed by atoms with Crippen molar-refractivity contribution >= 4 is 10.9 Å². The van der Waals surface area contributed by atoms with Crippen molar-refractivity contribution < 1.29 is 0 Å². The average molecular weight is 186 g/mol. The van der Waals surface area contributed by atoms with Crippen LogP contribution in [0, 0.1) is 6.92 Å².